The van der Waals surface area contributed by atoms with E-state index in [0.717, 1.165) is 88.8 Å². The molecule has 10 aromatic rings. The van der Waals surface area contributed by atoms with E-state index < -0.39 is 0 Å². The Morgan fingerprint density at radius 1 is 0.525 bits per heavy atom. The summed E-state index contributed by atoms with van der Waals surface area (Å²) in [6.07, 6.45) is 1.87. The van der Waals surface area contributed by atoms with Gasteiger partial charge in [0.25, 0.3) is 0 Å². The second kappa shape index (κ2) is 14.6. The molecule has 0 bridgehead atoms. The van der Waals surface area contributed by atoms with Crippen LogP contribution < -0.4 is 4.98 Å². The van der Waals surface area contributed by atoms with Crippen molar-refractivity contribution >= 4 is 43.7 Å². The van der Waals surface area contributed by atoms with Gasteiger partial charge in [-0.3, -0.25) is 4.98 Å². The van der Waals surface area contributed by atoms with E-state index in [2.05, 4.69) is 198 Å². The molecule has 6 aromatic carbocycles. The van der Waals surface area contributed by atoms with Crippen LogP contribution in [0.15, 0.2) is 158 Å². The van der Waals surface area contributed by atoms with Crippen molar-refractivity contribution in [2.45, 2.75) is 52.4 Å². The van der Waals surface area contributed by atoms with Crippen molar-refractivity contribution in [2.75, 3.05) is 0 Å². The quantitative estimate of drug-likeness (QED) is 0.162. The molecule has 290 valence electrons. The summed E-state index contributed by atoms with van der Waals surface area (Å²) in [6, 6.07) is 58.1. The predicted molar refractivity (Wildman–Crippen MR) is 243 cm³/mol. The first-order valence-electron chi connectivity index (χ1n) is 20.1. The zero-order valence-corrected chi connectivity index (χ0v) is 36.4. The number of fused-ring (bicyclic) bond motifs is 6. The van der Waals surface area contributed by atoms with Crippen molar-refractivity contribution < 1.29 is 21.1 Å². The first kappa shape index (κ1) is 38.4. The molecule has 0 N–H and O–H groups in total. The largest absolute Gasteiger partial charge is 2.00 e. The van der Waals surface area contributed by atoms with Gasteiger partial charge >= 0.3 is 21.1 Å². The third-order valence-electron chi connectivity index (χ3n) is 11.5. The molecule has 4 nitrogen and oxygen atoms in total. The number of nitrogens with zero attached hydrogens (tertiary/aromatic N) is 4. The standard InChI is InChI=1S/C54H44N4.Pt/c1-53(2,3)39-23-24-47-44(31-39)45-32-40(54(4,5)6)33-46(51(45)57-47)49-30-37(35-18-11-8-12-19-35)29-48(56-49)38-26-36(34-16-9-7-10-17-34)27-41(28-38)58-50-22-14-13-20-42(50)43-21-15-25-55-52(43)58;/h7-27,29-33H,1-6H3;/q-2;+2. The van der Waals surface area contributed by atoms with Crippen LogP contribution in [0, 0.1) is 6.07 Å². The second-order valence-corrected chi connectivity index (χ2v) is 17.5. The Kier molecular flexibility index (Phi) is 9.53. The summed E-state index contributed by atoms with van der Waals surface area (Å²) in [5.41, 5.74) is 15.4. The topological polar surface area (TPSA) is 44.8 Å². The fourth-order valence-corrected chi connectivity index (χ4v) is 8.28. The van der Waals surface area contributed by atoms with Crippen molar-refractivity contribution in [3.8, 4) is 50.5 Å². The van der Waals surface area contributed by atoms with Gasteiger partial charge in [-0.2, -0.15) is 0 Å². The molecular formula is C54H44N4Pt. The van der Waals surface area contributed by atoms with E-state index in [9.17, 15) is 0 Å². The molecule has 59 heavy (non-hydrogen) atoms. The van der Waals surface area contributed by atoms with Crippen LogP contribution in [0.1, 0.15) is 52.7 Å². The Labute approximate surface area is 360 Å². The molecule has 0 saturated heterocycles. The summed E-state index contributed by atoms with van der Waals surface area (Å²) in [6.45, 7) is 13.7. The van der Waals surface area contributed by atoms with Gasteiger partial charge in [-0.25, -0.2) is 4.98 Å². The minimum Gasteiger partial charge on any atom is -0.656 e. The van der Waals surface area contributed by atoms with Gasteiger partial charge < -0.3 is 9.55 Å². The van der Waals surface area contributed by atoms with Gasteiger partial charge in [0, 0.05) is 17.0 Å². The number of pyridine rings is 2. The molecule has 0 aliphatic carbocycles. The van der Waals surface area contributed by atoms with Crippen molar-refractivity contribution in [1.82, 2.24) is 19.5 Å². The summed E-state index contributed by atoms with van der Waals surface area (Å²) in [5, 5.41) is 4.61. The fourth-order valence-electron chi connectivity index (χ4n) is 8.28. The third-order valence-corrected chi connectivity index (χ3v) is 11.5. The van der Waals surface area contributed by atoms with Crippen LogP contribution in [-0.4, -0.2) is 14.5 Å². The number of aromatic nitrogens is 4. The van der Waals surface area contributed by atoms with Gasteiger partial charge in [-0.15, -0.1) is 34.8 Å². The van der Waals surface area contributed by atoms with Gasteiger partial charge in [-0.05, 0) is 90.6 Å². The van der Waals surface area contributed by atoms with E-state index in [4.69, 9.17) is 15.0 Å². The van der Waals surface area contributed by atoms with Crippen LogP contribution in [0.3, 0.4) is 0 Å². The number of rotatable bonds is 5. The number of hydrogen-bond acceptors (Lipinski definition) is 2. The monoisotopic (exact) mass is 943 g/mol. The van der Waals surface area contributed by atoms with E-state index in [-0.39, 0.29) is 31.9 Å². The van der Waals surface area contributed by atoms with Crippen molar-refractivity contribution in [2.24, 2.45) is 0 Å². The van der Waals surface area contributed by atoms with Crippen LogP contribution in [-0.2, 0) is 31.9 Å². The number of hydrogen-bond donors (Lipinski definition) is 0. The summed E-state index contributed by atoms with van der Waals surface area (Å²) in [7, 11) is 0. The summed E-state index contributed by atoms with van der Waals surface area (Å²) in [4.78, 5) is 15.9. The molecule has 0 atom stereocenters. The number of para-hydroxylation sites is 1. The maximum Gasteiger partial charge on any atom is 2.00 e. The third kappa shape index (κ3) is 6.90. The van der Waals surface area contributed by atoms with Crippen molar-refractivity contribution in [3.63, 3.8) is 0 Å². The van der Waals surface area contributed by atoms with Gasteiger partial charge in [0.2, 0.25) is 0 Å². The Morgan fingerprint density at radius 2 is 1.15 bits per heavy atom. The Morgan fingerprint density at radius 3 is 1.86 bits per heavy atom. The van der Waals surface area contributed by atoms with Gasteiger partial charge in [0.1, 0.15) is 5.65 Å². The van der Waals surface area contributed by atoms with E-state index in [1.165, 1.54) is 16.5 Å². The van der Waals surface area contributed by atoms with Crippen LogP contribution in [0.25, 0.3) is 94.2 Å². The molecule has 0 saturated carbocycles. The molecule has 0 aliphatic heterocycles. The van der Waals surface area contributed by atoms with Crippen LogP contribution in [0.5, 0.6) is 0 Å². The molecule has 4 aromatic heterocycles. The van der Waals surface area contributed by atoms with Crippen molar-refractivity contribution in [1.29, 1.82) is 0 Å². The van der Waals surface area contributed by atoms with Crippen LogP contribution in [0.2, 0.25) is 0 Å². The molecule has 0 aliphatic rings. The molecular weight excluding hydrogens is 900 g/mol. The van der Waals surface area contributed by atoms with Gasteiger partial charge in [0.15, 0.2) is 0 Å². The smallest absolute Gasteiger partial charge is 0.656 e. The minimum atomic E-state index is -0.100. The molecule has 5 heteroatoms. The maximum atomic E-state index is 5.59. The van der Waals surface area contributed by atoms with Gasteiger partial charge in [-0.1, -0.05) is 162 Å². The first-order chi connectivity index (χ1) is 28.0. The SMILES string of the molecule is CC(C)(C)c1ccc2[n-]c3c(-c4cc(-c5ccccc5)cc(-c5[c-]c(-n6c7ccccc7c7cccnc76)cc(-c6ccccc6)c5)n4)cc(C(C)(C)C)cc3c2c1.[Pt+2]. The molecule has 0 radical (unpaired) electrons. The average Bonchev–Trinajstić information content (AvgIpc) is 3.78. The maximum absolute atomic E-state index is 5.59. The fraction of sp³-hybridized carbons (Fsp3) is 0.148. The minimum absolute atomic E-state index is 0. The van der Waals surface area contributed by atoms with E-state index in [1.807, 2.05) is 12.3 Å². The Balaban J connectivity index is 0.00000449. The summed E-state index contributed by atoms with van der Waals surface area (Å²) >= 11 is 0. The average molecular weight is 944 g/mol. The zero-order chi connectivity index (χ0) is 39.8. The molecule has 0 unspecified atom stereocenters. The molecule has 0 amide bonds. The first-order valence-corrected chi connectivity index (χ1v) is 20.1. The van der Waals surface area contributed by atoms with Crippen LogP contribution >= 0.6 is 0 Å². The molecule has 4 heterocycles. The number of benzene rings is 6. The molecule has 0 spiro atoms. The van der Waals surface area contributed by atoms with Crippen molar-refractivity contribution in [3.05, 3.63) is 175 Å². The van der Waals surface area contributed by atoms with E-state index >= 15 is 0 Å². The summed E-state index contributed by atoms with van der Waals surface area (Å²) < 4.78 is 2.24. The van der Waals surface area contributed by atoms with E-state index in [1.54, 1.807) is 0 Å². The predicted octanol–water partition coefficient (Wildman–Crippen LogP) is 13.9. The second-order valence-electron chi connectivity index (χ2n) is 17.5. The summed E-state index contributed by atoms with van der Waals surface area (Å²) in [5.74, 6) is 0. The zero-order valence-electron chi connectivity index (χ0n) is 34.1. The Bertz CT molecular complexity index is 3130. The normalized spacial score (nSPS) is 12.1. The molecule has 10 rings (SSSR count). The van der Waals surface area contributed by atoms with Crippen LogP contribution in [0.4, 0.5) is 0 Å². The van der Waals surface area contributed by atoms with E-state index in [0.29, 0.717) is 0 Å². The molecule has 0 fully saturated rings. The Hall–Kier alpha value is -6.09. The van der Waals surface area contributed by atoms with Gasteiger partial charge in [0.05, 0.1) is 11.2 Å².